The topological polar surface area (TPSA) is 133 Å². The van der Waals surface area contributed by atoms with E-state index in [1.165, 1.54) is 22.9 Å². The molecule has 0 bridgehead atoms. The molecule has 0 saturated heterocycles. The fourth-order valence-electron chi connectivity index (χ4n) is 2.77. The summed E-state index contributed by atoms with van der Waals surface area (Å²) in [6.45, 7) is 1.52. The van der Waals surface area contributed by atoms with Gasteiger partial charge in [-0.1, -0.05) is 58.0 Å². The molecule has 8 nitrogen and oxygen atoms in total. The van der Waals surface area contributed by atoms with Crippen LogP contribution in [0.3, 0.4) is 0 Å². The molecule has 170 valence electrons. The molecule has 0 aliphatic rings. The van der Waals surface area contributed by atoms with E-state index in [0.29, 0.717) is 0 Å². The number of hydrogen-bond donors (Lipinski definition) is 4. The molecule has 0 fully saturated rings. The molecule has 32 heavy (non-hydrogen) atoms. The summed E-state index contributed by atoms with van der Waals surface area (Å²) in [5.41, 5.74) is -2.06. The minimum atomic E-state index is -2.28. The highest BCUT2D eigenvalue weighted by atomic mass is 33.1. The molecule has 0 aliphatic carbocycles. The van der Waals surface area contributed by atoms with E-state index in [9.17, 15) is 24.3 Å². The van der Waals surface area contributed by atoms with Crippen LogP contribution >= 0.6 is 21.6 Å². The summed E-state index contributed by atoms with van der Waals surface area (Å²) in [6, 6.07) is 17.2. The molecule has 0 spiro atoms. The van der Waals surface area contributed by atoms with Gasteiger partial charge in [-0.15, -0.1) is 0 Å². The third-order valence-corrected chi connectivity index (χ3v) is 7.47. The number of benzene rings is 2. The van der Waals surface area contributed by atoms with Crippen molar-refractivity contribution in [3.63, 3.8) is 0 Å². The quantitative estimate of drug-likeness (QED) is 0.209. The van der Waals surface area contributed by atoms with Gasteiger partial charge in [-0.05, 0) is 37.6 Å². The highest BCUT2D eigenvalue weighted by Crippen LogP contribution is 2.39. The Bertz CT molecular complexity index is 942. The fourth-order valence-corrected chi connectivity index (χ4v) is 5.23. The van der Waals surface area contributed by atoms with Crippen LogP contribution < -0.4 is 10.6 Å². The van der Waals surface area contributed by atoms with Crippen molar-refractivity contribution in [2.75, 3.05) is 6.54 Å². The molecule has 2 unspecified atom stereocenters. The third kappa shape index (κ3) is 6.76. The molecule has 0 heterocycles. The first-order valence-electron chi connectivity index (χ1n) is 9.76. The van der Waals surface area contributed by atoms with Crippen LogP contribution in [0.25, 0.3) is 0 Å². The van der Waals surface area contributed by atoms with Crippen molar-refractivity contribution in [3.05, 3.63) is 66.2 Å². The molecule has 0 saturated carbocycles. The standard InChI is InChI=1S/C22H24N2O6S2/c1-15(31-32-17-11-6-3-7-12-17)22(21(29)30,20(28)23-14-8-13-18(25)26)24-19(27)16-9-4-2-5-10-16/h2-7,9-12,15H,8,13-14H2,1H3,(H,23,28)(H,24,27)(H,25,26)(H,29,30). The molecule has 2 atom stereocenters. The summed E-state index contributed by atoms with van der Waals surface area (Å²) in [7, 11) is 2.43. The zero-order chi connectivity index (χ0) is 23.6. The van der Waals surface area contributed by atoms with Gasteiger partial charge in [0.05, 0.1) is 5.25 Å². The first-order valence-corrected chi connectivity index (χ1v) is 12.0. The average Bonchev–Trinajstić information content (AvgIpc) is 2.79. The summed E-state index contributed by atoms with van der Waals surface area (Å²) in [4.78, 5) is 49.9. The van der Waals surface area contributed by atoms with Crippen molar-refractivity contribution in [1.29, 1.82) is 0 Å². The van der Waals surface area contributed by atoms with E-state index >= 15 is 0 Å². The van der Waals surface area contributed by atoms with E-state index in [1.807, 2.05) is 30.3 Å². The minimum Gasteiger partial charge on any atom is -0.481 e. The summed E-state index contributed by atoms with van der Waals surface area (Å²) in [5, 5.41) is 22.9. The van der Waals surface area contributed by atoms with Gasteiger partial charge in [-0.25, -0.2) is 4.79 Å². The largest absolute Gasteiger partial charge is 0.481 e. The number of hydrogen-bond acceptors (Lipinski definition) is 6. The van der Waals surface area contributed by atoms with E-state index in [-0.39, 0.29) is 24.9 Å². The Morgan fingerprint density at radius 2 is 1.56 bits per heavy atom. The number of aliphatic carboxylic acids is 2. The first kappa shape index (κ1) is 25.3. The van der Waals surface area contributed by atoms with Crippen LogP contribution in [0.5, 0.6) is 0 Å². The number of rotatable bonds is 12. The normalized spacial score (nSPS) is 13.4. The number of carbonyl (C=O) groups is 4. The second-order valence-corrected chi connectivity index (χ2v) is 9.44. The van der Waals surface area contributed by atoms with Crippen molar-refractivity contribution in [2.45, 2.75) is 35.4 Å². The number of amides is 2. The van der Waals surface area contributed by atoms with E-state index in [0.717, 1.165) is 15.7 Å². The fraction of sp³-hybridized carbons (Fsp3) is 0.273. The smallest absolute Gasteiger partial charge is 0.340 e. The van der Waals surface area contributed by atoms with Gasteiger partial charge in [0.1, 0.15) is 0 Å². The van der Waals surface area contributed by atoms with Crippen LogP contribution in [-0.2, 0) is 14.4 Å². The summed E-state index contributed by atoms with van der Waals surface area (Å²) in [6.07, 6.45) is -0.0470. The van der Waals surface area contributed by atoms with Crippen molar-refractivity contribution in [2.24, 2.45) is 0 Å². The molecule has 2 aromatic carbocycles. The summed E-state index contributed by atoms with van der Waals surface area (Å²) in [5.74, 6) is -4.14. The predicted molar refractivity (Wildman–Crippen MR) is 124 cm³/mol. The second-order valence-electron chi connectivity index (χ2n) is 6.82. The molecule has 4 N–H and O–H groups in total. The monoisotopic (exact) mass is 476 g/mol. The Kier molecular flexibility index (Phi) is 9.61. The van der Waals surface area contributed by atoms with E-state index in [1.54, 1.807) is 25.1 Å². The SMILES string of the molecule is CC(SSc1ccccc1)C(NC(=O)c1ccccc1)(C(=O)O)C(=O)NCCCC(=O)O. The molecule has 0 aliphatic heterocycles. The molecular weight excluding hydrogens is 452 g/mol. The zero-order valence-electron chi connectivity index (χ0n) is 17.3. The Balaban J connectivity index is 2.28. The van der Waals surface area contributed by atoms with Gasteiger partial charge in [-0.2, -0.15) is 0 Å². The lowest BCUT2D eigenvalue weighted by Crippen LogP contribution is -2.68. The number of carboxylic acid groups (broad SMARTS) is 2. The highest BCUT2D eigenvalue weighted by Gasteiger charge is 2.53. The van der Waals surface area contributed by atoms with Gasteiger partial charge < -0.3 is 20.8 Å². The molecule has 2 rings (SSSR count). The number of carboxylic acids is 2. The Labute approximate surface area is 193 Å². The summed E-state index contributed by atoms with van der Waals surface area (Å²) >= 11 is 0. The minimum absolute atomic E-state index is 0.0371. The Morgan fingerprint density at radius 1 is 0.969 bits per heavy atom. The first-order chi connectivity index (χ1) is 15.3. The molecule has 0 radical (unpaired) electrons. The Morgan fingerprint density at radius 3 is 2.12 bits per heavy atom. The van der Waals surface area contributed by atoms with E-state index in [4.69, 9.17) is 5.11 Å². The zero-order valence-corrected chi connectivity index (χ0v) is 18.9. The molecule has 10 heteroatoms. The molecule has 2 aromatic rings. The van der Waals surface area contributed by atoms with Gasteiger partial charge in [-0.3, -0.25) is 14.4 Å². The van der Waals surface area contributed by atoms with Crippen molar-refractivity contribution in [1.82, 2.24) is 10.6 Å². The number of carbonyl (C=O) groups excluding carboxylic acids is 2. The molecule has 0 aromatic heterocycles. The predicted octanol–water partition coefficient (Wildman–Crippen LogP) is 3.05. The van der Waals surface area contributed by atoms with Crippen molar-refractivity contribution >= 4 is 45.3 Å². The average molecular weight is 477 g/mol. The van der Waals surface area contributed by atoms with Crippen LogP contribution in [0, 0.1) is 0 Å². The van der Waals surface area contributed by atoms with Gasteiger partial charge >= 0.3 is 11.9 Å². The summed E-state index contributed by atoms with van der Waals surface area (Å²) < 4.78 is 0. The van der Waals surface area contributed by atoms with Gasteiger partial charge in [0, 0.05) is 23.4 Å². The van der Waals surface area contributed by atoms with Crippen molar-refractivity contribution < 1.29 is 29.4 Å². The maximum absolute atomic E-state index is 13.1. The number of nitrogens with one attached hydrogen (secondary N) is 2. The third-order valence-electron chi connectivity index (χ3n) is 4.54. The highest BCUT2D eigenvalue weighted by molar-refractivity contribution is 8.77. The van der Waals surface area contributed by atoms with E-state index < -0.39 is 34.5 Å². The maximum atomic E-state index is 13.1. The molecule has 2 amide bonds. The van der Waals surface area contributed by atoms with Crippen molar-refractivity contribution in [3.8, 4) is 0 Å². The van der Waals surface area contributed by atoms with Crippen LogP contribution in [-0.4, -0.2) is 51.3 Å². The van der Waals surface area contributed by atoms with Crippen LogP contribution in [0.1, 0.15) is 30.1 Å². The van der Waals surface area contributed by atoms with Crippen LogP contribution in [0.2, 0.25) is 0 Å². The Hall–Kier alpha value is -2.98. The van der Waals surface area contributed by atoms with E-state index in [2.05, 4.69) is 10.6 Å². The lowest BCUT2D eigenvalue weighted by atomic mass is 9.93. The van der Waals surface area contributed by atoms with Gasteiger partial charge in [0.25, 0.3) is 11.8 Å². The molecular formula is C22H24N2O6S2. The van der Waals surface area contributed by atoms with Crippen LogP contribution in [0.4, 0.5) is 0 Å². The van der Waals surface area contributed by atoms with Gasteiger partial charge in [0.2, 0.25) is 5.54 Å². The lowest BCUT2D eigenvalue weighted by Gasteiger charge is -2.34. The lowest BCUT2D eigenvalue weighted by molar-refractivity contribution is -0.150. The van der Waals surface area contributed by atoms with Gasteiger partial charge in [0.15, 0.2) is 0 Å². The van der Waals surface area contributed by atoms with Crippen LogP contribution in [0.15, 0.2) is 65.6 Å². The maximum Gasteiger partial charge on any atom is 0.340 e. The second kappa shape index (κ2) is 12.2.